The van der Waals surface area contributed by atoms with Crippen LogP contribution in [0, 0.1) is 11.8 Å². The van der Waals surface area contributed by atoms with Crippen molar-refractivity contribution in [2.45, 2.75) is 268 Å². The van der Waals surface area contributed by atoms with Crippen molar-refractivity contribution in [2.75, 3.05) is 40.2 Å². The predicted octanol–water partition coefficient (Wildman–Crippen LogP) is 13.9. The molecule has 8 atom stereocenters. The maximum absolute atomic E-state index is 11.8. The number of unbranched alkanes of at least 4 members (excludes halogenated alkanes) is 7. The van der Waals surface area contributed by atoms with E-state index in [9.17, 15) is 4.79 Å². The minimum Gasteiger partial charge on any atom is -0.455 e. The number of esters is 1. The van der Waals surface area contributed by atoms with E-state index in [-0.39, 0.29) is 54.8 Å². The van der Waals surface area contributed by atoms with Gasteiger partial charge < -0.3 is 42.6 Å². The van der Waals surface area contributed by atoms with Crippen LogP contribution in [0.3, 0.4) is 0 Å². The summed E-state index contributed by atoms with van der Waals surface area (Å²) in [6.07, 6.45) is 27.0. The molecule has 3 heterocycles. The first-order chi connectivity index (χ1) is 32.4. The highest BCUT2D eigenvalue weighted by Crippen LogP contribution is 2.36. The molecule has 2 fully saturated rings. The number of rotatable bonds is 39. The normalized spacial score (nSPS) is 22.7. The summed E-state index contributed by atoms with van der Waals surface area (Å²) in [5, 5.41) is 0. The van der Waals surface area contributed by atoms with E-state index < -0.39 is 24.2 Å². The minimum absolute atomic E-state index is 0.00299. The summed E-state index contributed by atoms with van der Waals surface area (Å²) in [4.78, 5) is 11.8. The SMILES string of the molecule is CCCC[C@@H](CCCCC[C@@H](OCOCC[Si](C)(C)C)[C@H]1CC[C@H]([C@H]2CC[C@H]([C@@H](CCCC/C=C/C#CCCCCC3=C[C@H](C)OC3=O)OCOCC[Si](C)(C)C)O2)O1)OCOCC[Si](C)(C)C. The van der Waals surface area contributed by atoms with Gasteiger partial charge in [0, 0.05) is 56.0 Å². The average molecular weight is 1010 g/mol. The van der Waals surface area contributed by atoms with E-state index in [1.165, 1.54) is 18.9 Å². The van der Waals surface area contributed by atoms with Gasteiger partial charge >= 0.3 is 5.97 Å². The van der Waals surface area contributed by atoms with E-state index in [1.807, 2.05) is 19.1 Å². The largest absolute Gasteiger partial charge is 0.455 e. The molecule has 3 rings (SSSR count). The Balaban J connectivity index is 1.47. The molecule has 0 saturated carbocycles. The zero-order chi connectivity index (χ0) is 49.7. The lowest BCUT2D eigenvalue weighted by atomic mass is 10.00. The molecular formula is C55H102O10Si3. The lowest BCUT2D eigenvalue weighted by Gasteiger charge is -2.28. The maximum atomic E-state index is 11.8. The third-order valence-electron chi connectivity index (χ3n) is 13.3. The van der Waals surface area contributed by atoms with Crippen LogP contribution in [-0.4, -0.2) is 119 Å². The minimum atomic E-state index is -1.18. The molecule has 394 valence electrons. The first kappa shape index (κ1) is 61.1. The highest BCUT2D eigenvalue weighted by atomic mass is 28.3. The fourth-order valence-electron chi connectivity index (χ4n) is 8.81. The first-order valence-electron chi connectivity index (χ1n) is 27.4. The van der Waals surface area contributed by atoms with Crippen molar-refractivity contribution >= 4 is 30.2 Å². The van der Waals surface area contributed by atoms with Gasteiger partial charge in [-0.1, -0.05) is 122 Å². The summed E-state index contributed by atoms with van der Waals surface area (Å²) < 4.78 is 56.2. The van der Waals surface area contributed by atoms with E-state index in [2.05, 4.69) is 83.8 Å². The predicted molar refractivity (Wildman–Crippen MR) is 287 cm³/mol. The second kappa shape index (κ2) is 34.3. The molecule has 0 spiro atoms. The first-order valence-corrected chi connectivity index (χ1v) is 38.5. The van der Waals surface area contributed by atoms with Crippen molar-refractivity contribution in [2.24, 2.45) is 0 Å². The quantitative estimate of drug-likeness (QED) is 0.0195. The molecule has 10 nitrogen and oxygen atoms in total. The Bertz CT molecular complexity index is 1460. The molecule has 0 N–H and O–H groups in total. The van der Waals surface area contributed by atoms with Gasteiger partial charge in [-0.25, -0.2) is 4.79 Å². The highest BCUT2D eigenvalue weighted by Gasteiger charge is 2.42. The number of carbonyl (C=O) groups is 1. The molecule has 0 aromatic heterocycles. The van der Waals surface area contributed by atoms with Crippen LogP contribution in [0.4, 0.5) is 0 Å². The Morgan fingerprint density at radius 2 is 1.16 bits per heavy atom. The van der Waals surface area contributed by atoms with Crippen LogP contribution in [0.1, 0.15) is 142 Å². The molecule has 68 heavy (non-hydrogen) atoms. The average Bonchev–Trinajstić information content (AvgIpc) is 4.03. The molecule has 0 unspecified atom stereocenters. The van der Waals surface area contributed by atoms with Crippen LogP contribution in [0.5, 0.6) is 0 Å². The Hall–Kier alpha value is -1.16. The molecule has 0 aromatic carbocycles. The van der Waals surface area contributed by atoms with Crippen LogP contribution in [0.2, 0.25) is 77.1 Å². The van der Waals surface area contributed by atoms with Gasteiger partial charge in [-0.15, -0.1) is 0 Å². The number of carbonyl (C=O) groups excluding carboxylic acids is 1. The smallest absolute Gasteiger partial charge is 0.334 e. The molecular weight excluding hydrogens is 905 g/mol. The van der Waals surface area contributed by atoms with E-state index in [0.29, 0.717) is 20.4 Å². The molecule has 2 saturated heterocycles. The molecule has 3 aliphatic rings. The Labute approximate surface area is 419 Å². The Morgan fingerprint density at radius 3 is 1.68 bits per heavy atom. The van der Waals surface area contributed by atoms with E-state index >= 15 is 0 Å². The van der Waals surface area contributed by atoms with E-state index in [4.69, 9.17) is 42.6 Å². The van der Waals surface area contributed by atoms with Gasteiger partial charge in [0.15, 0.2) is 0 Å². The Kier molecular flexibility index (Phi) is 30.8. The molecule has 0 bridgehead atoms. The number of hydrogen-bond acceptors (Lipinski definition) is 10. The second-order valence-corrected chi connectivity index (χ2v) is 40.5. The van der Waals surface area contributed by atoms with Crippen molar-refractivity contribution in [1.29, 1.82) is 0 Å². The van der Waals surface area contributed by atoms with E-state index in [1.54, 1.807) is 0 Å². The van der Waals surface area contributed by atoms with Gasteiger partial charge in [-0.05, 0) is 121 Å². The number of allylic oxidation sites excluding steroid dienone is 2. The van der Waals surface area contributed by atoms with Crippen LogP contribution in [0.15, 0.2) is 23.8 Å². The molecule has 3 aliphatic heterocycles. The van der Waals surface area contributed by atoms with Crippen molar-refractivity contribution in [3.05, 3.63) is 23.8 Å². The fraction of sp³-hybridized carbons (Fsp3) is 0.873. The van der Waals surface area contributed by atoms with Crippen molar-refractivity contribution in [1.82, 2.24) is 0 Å². The Morgan fingerprint density at radius 1 is 0.647 bits per heavy atom. The van der Waals surface area contributed by atoms with Crippen molar-refractivity contribution in [3.63, 3.8) is 0 Å². The molecule has 0 aliphatic carbocycles. The van der Waals surface area contributed by atoms with Gasteiger partial charge in [-0.2, -0.15) is 0 Å². The van der Waals surface area contributed by atoms with Gasteiger partial charge in [0.25, 0.3) is 0 Å². The van der Waals surface area contributed by atoms with Gasteiger partial charge in [0.1, 0.15) is 26.5 Å². The third kappa shape index (κ3) is 29.4. The lowest BCUT2D eigenvalue weighted by Crippen LogP contribution is -2.35. The summed E-state index contributed by atoms with van der Waals surface area (Å²) in [6, 6.07) is 3.44. The number of hydrogen-bond donors (Lipinski definition) is 0. The summed E-state index contributed by atoms with van der Waals surface area (Å²) >= 11 is 0. The second-order valence-electron chi connectivity index (χ2n) is 23.6. The maximum Gasteiger partial charge on any atom is 0.334 e. The van der Waals surface area contributed by atoms with Crippen LogP contribution >= 0.6 is 0 Å². The fourth-order valence-corrected chi connectivity index (χ4v) is 11.1. The monoisotopic (exact) mass is 1010 g/mol. The standard InChI is InChI=1S/C55H102O10Si3/c1-12-13-28-48(60-43-57-36-39-66(3,4)5)29-24-22-26-31-50(62-45-59-38-41-68(9,10)11)52-33-35-54(65-52)53-34-32-51(64-53)49(61-44-58-37-40-67(6,7)8)30-25-21-19-17-15-14-16-18-20-23-27-47-42-46(2)63-55(47)56/h15,17,42,46,48-54H,12-13,18-41,43-45H2,1-11H3/b17-15+/t46-,48-,49+,50+,51+,52+,53+,54+/m0/s1. The third-order valence-corrected chi connectivity index (χ3v) is 18.4. The lowest BCUT2D eigenvalue weighted by molar-refractivity contribution is -0.162. The highest BCUT2D eigenvalue weighted by molar-refractivity contribution is 6.76. The van der Waals surface area contributed by atoms with Crippen molar-refractivity contribution < 1.29 is 47.4 Å². The molecule has 0 aromatic rings. The summed E-state index contributed by atoms with van der Waals surface area (Å²) in [5.41, 5.74) is 0.813. The van der Waals surface area contributed by atoms with E-state index in [0.717, 1.165) is 153 Å². The zero-order valence-electron chi connectivity index (χ0n) is 45.4. The van der Waals surface area contributed by atoms with Crippen LogP contribution < -0.4 is 0 Å². The van der Waals surface area contributed by atoms with Gasteiger partial charge in [0.05, 0.1) is 42.7 Å². The summed E-state index contributed by atoms with van der Waals surface area (Å²) in [7, 11) is -3.46. The van der Waals surface area contributed by atoms with Crippen molar-refractivity contribution in [3.8, 4) is 11.8 Å². The molecule has 0 radical (unpaired) electrons. The summed E-state index contributed by atoms with van der Waals surface area (Å²) in [5.74, 6) is 6.29. The molecule has 13 heteroatoms. The number of cyclic esters (lactones) is 1. The van der Waals surface area contributed by atoms with Gasteiger partial charge in [-0.3, -0.25) is 0 Å². The number of ether oxygens (including phenoxy) is 9. The van der Waals surface area contributed by atoms with Crippen LogP contribution in [-0.2, 0) is 47.4 Å². The van der Waals surface area contributed by atoms with Crippen LogP contribution in [0.25, 0.3) is 0 Å². The topological polar surface area (TPSA) is 100 Å². The van der Waals surface area contributed by atoms with Gasteiger partial charge in [0.2, 0.25) is 0 Å². The summed E-state index contributed by atoms with van der Waals surface area (Å²) in [6.45, 7) is 29.0. The zero-order valence-corrected chi connectivity index (χ0v) is 48.4. The molecule has 0 amide bonds.